The molecule has 2 rings (SSSR count). The zero-order valence-corrected chi connectivity index (χ0v) is 14.0. The minimum Gasteiger partial charge on any atom is -0.381 e. The third-order valence-electron chi connectivity index (χ3n) is 3.73. The van der Waals surface area contributed by atoms with E-state index in [0.29, 0.717) is 12.0 Å². The van der Waals surface area contributed by atoms with Crippen LogP contribution in [-0.2, 0) is 11.3 Å². The van der Waals surface area contributed by atoms with Crippen molar-refractivity contribution in [1.82, 2.24) is 10.2 Å². The van der Waals surface area contributed by atoms with Gasteiger partial charge in [0.15, 0.2) is 0 Å². The maximum atomic E-state index is 5.99. The molecule has 0 aromatic carbocycles. The molecular weight excluding hydrogens is 292 g/mol. The molecule has 1 N–H and O–H groups in total. The van der Waals surface area contributed by atoms with Crippen molar-refractivity contribution in [1.29, 1.82) is 0 Å². The number of ether oxygens (including phenoxy) is 1. The van der Waals surface area contributed by atoms with E-state index in [4.69, 9.17) is 16.3 Å². The van der Waals surface area contributed by atoms with Crippen LogP contribution in [-0.4, -0.2) is 44.3 Å². The first-order chi connectivity index (χ1) is 9.69. The van der Waals surface area contributed by atoms with Crippen LogP contribution in [0.3, 0.4) is 0 Å². The highest BCUT2D eigenvalue weighted by molar-refractivity contribution is 7.16. The molecule has 1 aliphatic rings. The first-order valence-corrected chi connectivity index (χ1v) is 8.62. The second kappa shape index (κ2) is 8.35. The predicted molar refractivity (Wildman–Crippen MR) is 86.7 cm³/mol. The van der Waals surface area contributed by atoms with Gasteiger partial charge in [-0.2, -0.15) is 0 Å². The van der Waals surface area contributed by atoms with E-state index in [9.17, 15) is 0 Å². The lowest BCUT2D eigenvalue weighted by atomic mass is 9.95. The molecule has 1 aliphatic heterocycles. The summed E-state index contributed by atoms with van der Waals surface area (Å²) in [7, 11) is 2.18. The summed E-state index contributed by atoms with van der Waals surface area (Å²) in [6.45, 7) is 7.11. The Balaban J connectivity index is 1.82. The summed E-state index contributed by atoms with van der Waals surface area (Å²) in [6.07, 6.45) is 2.32. The van der Waals surface area contributed by atoms with Gasteiger partial charge in [-0.05, 0) is 38.6 Å². The summed E-state index contributed by atoms with van der Waals surface area (Å²) in [5.74, 6) is 0.579. The monoisotopic (exact) mass is 316 g/mol. The molecule has 0 amide bonds. The maximum Gasteiger partial charge on any atom is 0.0931 e. The Morgan fingerprint density at radius 3 is 3.05 bits per heavy atom. The Hall–Kier alpha value is -0.130. The summed E-state index contributed by atoms with van der Waals surface area (Å²) in [5.41, 5.74) is 0. The highest BCUT2D eigenvalue weighted by Gasteiger charge is 2.26. The van der Waals surface area contributed by atoms with Crippen LogP contribution in [0.4, 0.5) is 0 Å². The van der Waals surface area contributed by atoms with Gasteiger partial charge in [0, 0.05) is 36.5 Å². The van der Waals surface area contributed by atoms with Gasteiger partial charge in [0.2, 0.25) is 0 Å². The molecule has 20 heavy (non-hydrogen) atoms. The lowest BCUT2D eigenvalue weighted by Gasteiger charge is -2.34. The van der Waals surface area contributed by atoms with Crippen LogP contribution in [0.5, 0.6) is 0 Å². The second-order valence-electron chi connectivity index (χ2n) is 5.59. The Kier molecular flexibility index (Phi) is 6.78. The number of rotatable bonds is 7. The minimum absolute atomic E-state index is 0.579. The molecule has 1 aromatic heterocycles. The van der Waals surface area contributed by atoms with Gasteiger partial charge >= 0.3 is 0 Å². The van der Waals surface area contributed by atoms with E-state index in [-0.39, 0.29) is 0 Å². The van der Waals surface area contributed by atoms with Crippen molar-refractivity contribution in [2.45, 2.75) is 32.4 Å². The van der Waals surface area contributed by atoms with E-state index < -0.39 is 0 Å². The van der Waals surface area contributed by atoms with Gasteiger partial charge in [-0.25, -0.2) is 0 Å². The molecule has 2 unspecified atom stereocenters. The molecule has 3 nitrogen and oxygen atoms in total. The van der Waals surface area contributed by atoms with E-state index in [1.807, 2.05) is 6.07 Å². The number of halogens is 1. The zero-order valence-electron chi connectivity index (χ0n) is 12.4. The Morgan fingerprint density at radius 1 is 1.50 bits per heavy atom. The number of hydrogen-bond donors (Lipinski definition) is 1. The normalized spacial score (nSPS) is 23.4. The van der Waals surface area contributed by atoms with Crippen LogP contribution in [0.1, 0.15) is 24.6 Å². The highest BCUT2D eigenvalue weighted by atomic mass is 35.5. The molecule has 1 fully saturated rings. The second-order valence-corrected chi connectivity index (χ2v) is 7.39. The lowest BCUT2D eigenvalue weighted by Crippen LogP contribution is -2.47. The summed E-state index contributed by atoms with van der Waals surface area (Å²) in [6, 6.07) is 4.69. The molecule has 1 saturated heterocycles. The number of hydrogen-bond acceptors (Lipinski definition) is 4. The van der Waals surface area contributed by atoms with E-state index in [0.717, 1.165) is 43.6 Å². The third kappa shape index (κ3) is 5.01. The highest BCUT2D eigenvalue weighted by Crippen LogP contribution is 2.23. The van der Waals surface area contributed by atoms with E-state index >= 15 is 0 Å². The first kappa shape index (κ1) is 16.2. The molecule has 0 aliphatic carbocycles. The SMILES string of the molecule is CCCNC1CCOCC1CN(C)Cc1ccc(Cl)s1. The van der Waals surface area contributed by atoms with Gasteiger partial charge < -0.3 is 15.0 Å². The van der Waals surface area contributed by atoms with Crippen LogP contribution < -0.4 is 5.32 Å². The van der Waals surface area contributed by atoms with Gasteiger partial charge in [0.05, 0.1) is 10.9 Å². The minimum atomic E-state index is 0.579. The Labute approximate surface area is 131 Å². The average Bonchev–Trinajstić information content (AvgIpc) is 2.83. The van der Waals surface area contributed by atoms with E-state index in [1.54, 1.807) is 11.3 Å². The molecule has 0 bridgehead atoms. The van der Waals surface area contributed by atoms with Gasteiger partial charge in [0.1, 0.15) is 0 Å². The number of nitrogens with zero attached hydrogens (tertiary/aromatic N) is 1. The van der Waals surface area contributed by atoms with Crippen molar-refractivity contribution in [2.75, 3.05) is 33.4 Å². The van der Waals surface area contributed by atoms with Crippen LogP contribution >= 0.6 is 22.9 Å². The predicted octanol–water partition coefficient (Wildman–Crippen LogP) is 3.24. The van der Waals surface area contributed by atoms with E-state index in [1.165, 1.54) is 11.3 Å². The molecule has 114 valence electrons. The van der Waals surface area contributed by atoms with Gasteiger partial charge in [-0.15, -0.1) is 11.3 Å². The fourth-order valence-electron chi connectivity index (χ4n) is 2.74. The average molecular weight is 317 g/mol. The smallest absolute Gasteiger partial charge is 0.0931 e. The summed E-state index contributed by atoms with van der Waals surface area (Å²) < 4.78 is 6.53. The van der Waals surface area contributed by atoms with Crippen LogP contribution in [0.15, 0.2) is 12.1 Å². The molecule has 0 radical (unpaired) electrons. The van der Waals surface area contributed by atoms with Gasteiger partial charge in [0.25, 0.3) is 0 Å². The Bertz CT molecular complexity index is 399. The van der Waals surface area contributed by atoms with E-state index in [2.05, 4.69) is 30.3 Å². The van der Waals surface area contributed by atoms with Crippen molar-refractivity contribution in [3.8, 4) is 0 Å². The van der Waals surface area contributed by atoms with Crippen molar-refractivity contribution >= 4 is 22.9 Å². The van der Waals surface area contributed by atoms with Crippen LogP contribution in [0, 0.1) is 5.92 Å². The fourth-order valence-corrected chi connectivity index (χ4v) is 3.91. The molecule has 0 spiro atoms. The van der Waals surface area contributed by atoms with Crippen LogP contribution in [0.2, 0.25) is 4.34 Å². The van der Waals surface area contributed by atoms with Gasteiger partial charge in [-0.1, -0.05) is 18.5 Å². The molecule has 5 heteroatoms. The van der Waals surface area contributed by atoms with Crippen molar-refractivity contribution < 1.29 is 4.74 Å². The maximum absolute atomic E-state index is 5.99. The standard InChI is InChI=1S/C15H25ClN2OS/c1-3-7-17-14-6-8-19-11-12(14)9-18(2)10-13-4-5-15(16)20-13/h4-5,12,14,17H,3,6-11H2,1-2H3. The summed E-state index contributed by atoms with van der Waals surface area (Å²) in [5, 5.41) is 3.67. The molecular formula is C15H25ClN2OS. The Morgan fingerprint density at radius 2 is 2.35 bits per heavy atom. The topological polar surface area (TPSA) is 24.5 Å². The third-order valence-corrected chi connectivity index (χ3v) is 4.95. The van der Waals surface area contributed by atoms with Gasteiger partial charge in [-0.3, -0.25) is 0 Å². The largest absolute Gasteiger partial charge is 0.381 e. The summed E-state index contributed by atoms with van der Waals surface area (Å²) >= 11 is 7.66. The molecule has 2 atom stereocenters. The molecule has 1 aromatic rings. The number of thiophene rings is 1. The van der Waals surface area contributed by atoms with Crippen molar-refractivity contribution in [3.63, 3.8) is 0 Å². The first-order valence-electron chi connectivity index (χ1n) is 7.43. The zero-order chi connectivity index (χ0) is 14.4. The molecule has 0 saturated carbocycles. The quantitative estimate of drug-likeness (QED) is 0.836. The van der Waals surface area contributed by atoms with Crippen molar-refractivity contribution in [3.05, 3.63) is 21.3 Å². The van der Waals surface area contributed by atoms with Crippen LogP contribution in [0.25, 0.3) is 0 Å². The summed E-state index contributed by atoms with van der Waals surface area (Å²) in [4.78, 5) is 3.70. The van der Waals surface area contributed by atoms with Crippen molar-refractivity contribution in [2.24, 2.45) is 5.92 Å². The fraction of sp³-hybridized carbons (Fsp3) is 0.733. The lowest BCUT2D eigenvalue weighted by molar-refractivity contribution is 0.0190. The molecule has 2 heterocycles. The number of nitrogens with one attached hydrogen (secondary N) is 1.